The molecule has 22 heavy (non-hydrogen) atoms. The Hall–Kier alpha value is -2.18. The number of nitrogens with zero attached hydrogens (tertiary/aromatic N) is 1. The number of alkyl halides is 2. The third kappa shape index (κ3) is 6.51. The average Bonchev–Trinajstić information content (AvgIpc) is 2.44. The molecule has 0 aliphatic heterocycles. The molecule has 0 saturated heterocycles. The van der Waals surface area contributed by atoms with Crippen LogP contribution in [0.5, 0.6) is 5.75 Å². The van der Waals surface area contributed by atoms with Crippen LogP contribution in [0.2, 0.25) is 0 Å². The molecule has 1 N–H and O–H groups in total. The summed E-state index contributed by atoms with van der Waals surface area (Å²) < 4.78 is 28.8. The summed E-state index contributed by atoms with van der Waals surface area (Å²) in [5, 5.41) is 6.34. The number of oxime groups is 1. The SMILES string of the molecule is CC(C)C(C)NC(=O)CO/N=C/c1ccccc1OC(F)F. The van der Waals surface area contributed by atoms with Crippen LogP contribution in [0.4, 0.5) is 8.78 Å². The molecule has 0 bridgehead atoms. The largest absolute Gasteiger partial charge is 0.434 e. The standard InChI is InChI=1S/C15H20F2N2O3/c1-10(2)11(3)19-14(20)9-21-18-8-12-6-4-5-7-13(12)22-15(16)17/h4-8,10-11,15H,9H2,1-3H3,(H,19,20)/b18-8+. The van der Waals surface area contributed by atoms with Crippen LogP contribution < -0.4 is 10.1 Å². The van der Waals surface area contributed by atoms with Crippen molar-refractivity contribution in [1.29, 1.82) is 0 Å². The first-order valence-corrected chi connectivity index (χ1v) is 6.88. The predicted molar refractivity (Wildman–Crippen MR) is 79.1 cm³/mol. The molecule has 0 radical (unpaired) electrons. The third-order valence-electron chi connectivity index (χ3n) is 2.99. The fourth-order valence-electron chi connectivity index (χ4n) is 1.44. The monoisotopic (exact) mass is 314 g/mol. The summed E-state index contributed by atoms with van der Waals surface area (Å²) in [6, 6.07) is 6.18. The number of para-hydroxylation sites is 1. The van der Waals surface area contributed by atoms with Crippen LogP contribution in [0.15, 0.2) is 29.4 Å². The highest BCUT2D eigenvalue weighted by Crippen LogP contribution is 2.18. The zero-order chi connectivity index (χ0) is 16.5. The van der Waals surface area contributed by atoms with Gasteiger partial charge in [-0.1, -0.05) is 31.1 Å². The van der Waals surface area contributed by atoms with Crippen LogP contribution in [-0.4, -0.2) is 31.4 Å². The minimum Gasteiger partial charge on any atom is -0.434 e. The van der Waals surface area contributed by atoms with E-state index in [4.69, 9.17) is 4.84 Å². The van der Waals surface area contributed by atoms with Gasteiger partial charge >= 0.3 is 6.61 Å². The minimum atomic E-state index is -2.92. The molecular formula is C15H20F2N2O3. The smallest absolute Gasteiger partial charge is 0.387 e. The van der Waals surface area contributed by atoms with Gasteiger partial charge < -0.3 is 14.9 Å². The number of carbonyl (C=O) groups is 1. The number of carbonyl (C=O) groups excluding carboxylic acids is 1. The van der Waals surface area contributed by atoms with E-state index in [1.54, 1.807) is 18.2 Å². The van der Waals surface area contributed by atoms with Gasteiger partial charge in [0.1, 0.15) is 5.75 Å². The molecule has 0 heterocycles. The van der Waals surface area contributed by atoms with Crippen molar-refractivity contribution in [3.05, 3.63) is 29.8 Å². The van der Waals surface area contributed by atoms with Gasteiger partial charge in [-0.25, -0.2) is 0 Å². The van der Waals surface area contributed by atoms with Crippen LogP contribution >= 0.6 is 0 Å². The quantitative estimate of drug-likeness (QED) is 0.593. The van der Waals surface area contributed by atoms with Crippen molar-refractivity contribution in [3.63, 3.8) is 0 Å². The summed E-state index contributed by atoms with van der Waals surface area (Å²) >= 11 is 0. The number of rotatable bonds is 8. The van der Waals surface area contributed by atoms with E-state index in [2.05, 4.69) is 15.2 Å². The first-order valence-electron chi connectivity index (χ1n) is 6.88. The summed E-state index contributed by atoms with van der Waals surface area (Å²) in [7, 11) is 0. The van der Waals surface area contributed by atoms with Crippen molar-refractivity contribution in [2.75, 3.05) is 6.61 Å². The maximum Gasteiger partial charge on any atom is 0.387 e. The molecule has 1 rings (SSSR count). The van der Waals surface area contributed by atoms with E-state index in [9.17, 15) is 13.6 Å². The molecule has 1 amide bonds. The second kappa shape index (κ2) is 8.96. The van der Waals surface area contributed by atoms with Crippen LogP contribution in [-0.2, 0) is 9.63 Å². The zero-order valence-corrected chi connectivity index (χ0v) is 12.8. The number of benzene rings is 1. The van der Waals surface area contributed by atoms with Crippen molar-refractivity contribution >= 4 is 12.1 Å². The Bertz CT molecular complexity index is 507. The summed E-state index contributed by atoms with van der Waals surface area (Å²) in [5.74, 6) is 0.00372. The predicted octanol–water partition coefficient (Wildman–Crippen LogP) is 2.80. The second-order valence-electron chi connectivity index (χ2n) is 5.02. The highest BCUT2D eigenvalue weighted by molar-refractivity contribution is 5.83. The normalized spacial score (nSPS) is 12.7. The highest BCUT2D eigenvalue weighted by atomic mass is 19.3. The van der Waals surface area contributed by atoms with E-state index in [0.29, 0.717) is 11.5 Å². The van der Waals surface area contributed by atoms with E-state index in [1.807, 2.05) is 20.8 Å². The summed E-state index contributed by atoms with van der Waals surface area (Å²) in [6.07, 6.45) is 1.22. The van der Waals surface area contributed by atoms with Gasteiger partial charge in [-0.15, -0.1) is 0 Å². The lowest BCUT2D eigenvalue weighted by Crippen LogP contribution is -2.38. The molecule has 1 aromatic rings. The molecule has 0 saturated carbocycles. The molecule has 0 spiro atoms. The third-order valence-corrected chi connectivity index (χ3v) is 2.99. The molecule has 0 aliphatic rings. The number of ether oxygens (including phenoxy) is 1. The fourth-order valence-corrected chi connectivity index (χ4v) is 1.44. The van der Waals surface area contributed by atoms with E-state index < -0.39 is 6.61 Å². The molecule has 0 aromatic heterocycles. The van der Waals surface area contributed by atoms with Crippen LogP contribution in [0.25, 0.3) is 0 Å². The summed E-state index contributed by atoms with van der Waals surface area (Å²) in [4.78, 5) is 16.4. The van der Waals surface area contributed by atoms with E-state index in [-0.39, 0.29) is 24.3 Å². The van der Waals surface area contributed by atoms with Crippen LogP contribution in [0.3, 0.4) is 0 Å². The van der Waals surface area contributed by atoms with Crippen LogP contribution in [0.1, 0.15) is 26.3 Å². The van der Waals surface area contributed by atoms with Crippen LogP contribution in [0, 0.1) is 5.92 Å². The van der Waals surface area contributed by atoms with Gasteiger partial charge in [0.25, 0.3) is 5.91 Å². The van der Waals surface area contributed by atoms with Gasteiger partial charge in [0.2, 0.25) is 0 Å². The van der Waals surface area contributed by atoms with Crippen molar-refractivity contribution < 1.29 is 23.1 Å². The van der Waals surface area contributed by atoms with E-state index in [1.165, 1.54) is 12.3 Å². The van der Waals surface area contributed by atoms with E-state index in [0.717, 1.165) is 0 Å². The summed E-state index contributed by atoms with van der Waals surface area (Å²) in [5.41, 5.74) is 0.332. The van der Waals surface area contributed by atoms with Gasteiger partial charge in [0.05, 0.1) is 6.21 Å². The van der Waals surface area contributed by atoms with Gasteiger partial charge in [-0.05, 0) is 25.0 Å². The molecule has 122 valence electrons. The second-order valence-corrected chi connectivity index (χ2v) is 5.02. The number of hydrogen-bond donors (Lipinski definition) is 1. The molecule has 5 nitrogen and oxygen atoms in total. The van der Waals surface area contributed by atoms with Gasteiger partial charge in [-0.3, -0.25) is 4.79 Å². The molecular weight excluding hydrogens is 294 g/mol. The average molecular weight is 314 g/mol. The van der Waals surface area contributed by atoms with Crippen molar-refractivity contribution in [1.82, 2.24) is 5.32 Å². The first-order chi connectivity index (χ1) is 10.4. The molecule has 1 unspecified atom stereocenters. The molecule has 0 aliphatic carbocycles. The summed E-state index contributed by atoms with van der Waals surface area (Å²) in [6.45, 7) is 2.71. The number of halogens is 2. The molecule has 0 fully saturated rings. The number of hydrogen-bond acceptors (Lipinski definition) is 4. The zero-order valence-electron chi connectivity index (χ0n) is 12.8. The lowest BCUT2D eigenvalue weighted by molar-refractivity contribution is -0.126. The number of nitrogens with one attached hydrogen (secondary N) is 1. The van der Waals surface area contributed by atoms with Crippen molar-refractivity contribution in [3.8, 4) is 5.75 Å². The topological polar surface area (TPSA) is 59.9 Å². The Kier molecular flexibility index (Phi) is 7.28. The minimum absolute atomic E-state index is 0.0114. The Morgan fingerprint density at radius 1 is 1.32 bits per heavy atom. The lowest BCUT2D eigenvalue weighted by Gasteiger charge is -2.16. The Morgan fingerprint density at radius 2 is 2.00 bits per heavy atom. The van der Waals surface area contributed by atoms with Gasteiger partial charge in [-0.2, -0.15) is 8.78 Å². The van der Waals surface area contributed by atoms with E-state index >= 15 is 0 Å². The molecule has 1 aromatic carbocycles. The Labute approximate surface area is 128 Å². The maximum atomic E-state index is 12.2. The van der Waals surface area contributed by atoms with Crippen molar-refractivity contribution in [2.45, 2.75) is 33.4 Å². The van der Waals surface area contributed by atoms with Gasteiger partial charge in [0, 0.05) is 11.6 Å². The first kappa shape index (κ1) is 17.9. The molecule has 1 atom stereocenters. The Morgan fingerprint density at radius 3 is 2.64 bits per heavy atom. The fraction of sp³-hybridized carbons (Fsp3) is 0.467. The molecule has 7 heteroatoms. The highest BCUT2D eigenvalue weighted by Gasteiger charge is 2.11. The van der Waals surface area contributed by atoms with Gasteiger partial charge in [0.15, 0.2) is 6.61 Å². The lowest BCUT2D eigenvalue weighted by atomic mass is 10.1. The maximum absolute atomic E-state index is 12.2. The van der Waals surface area contributed by atoms with Crippen molar-refractivity contribution in [2.24, 2.45) is 11.1 Å². The Balaban J connectivity index is 2.48. The number of amides is 1.